The number of hydrogen-bond donors (Lipinski definition) is 2. The Hall–Kier alpha value is -1.67. The highest BCUT2D eigenvalue weighted by atomic mass is 127. The molecule has 1 heterocycles. The first-order chi connectivity index (χ1) is 13.0. The van der Waals surface area contributed by atoms with Crippen molar-refractivity contribution in [3.05, 3.63) is 65.5 Å². The summed E-state index contributed by atoms with van der Waals surface area (Å²) >= 11 is 0. The molecular formula is C22H29FIN3O. The highest BCUT2D eigenvalue weighted by Crippen LogP contribution is 2.35. The van der Waals surface area contributed by atoms with E-state index < -0.39 is 0 Å². The van der Waals surface area contributed by atoms with Crippen LogP contribution >= 0.6 is 24.0 Å². The third kappa shape index (κ3) is 5.67. The van der Waals surface area contributed by atoms with E-state index in [0.29, 0.717) is 31.6 Å². The molecule has 1 fully saturated rings. The molecule has 1 aliphatic heterocycles. The van der Waals surface area contributed by atoms with Gasteiger partial charge in [-0.1, -0.05) is 38.1 Å². The number of nitrogens with zero attached hydrogens (tertiary/aromatic N) is 1. The summed E-state index contributed by atoms with van der Waals surface area (Å²) < 4.78 is 18.9. The molecule has 1 aliphatic rings. The standard InChI is InChI=1S/C22H28FN3O.HI/c1-16(2)17-4-3-5-20(14-17)26-21(24)25-15-22(10-12-27-13-11-22)18-6-8-19(23)9-7-18;/h3-9,14,16H,10-13,15H2,1-2H3,(H3,24,25,26);1H. The molecule has 3 N–H and O–H groups in total. The molecule has 0 atom stereocenters. The van der Waals surface area contributed by atoms with Gasteiger partial charge in [0.1, 0.15) is 5.82 Å². The Balaban J connectivity index is 0.00000280. The lowest BCUT2D eigenvalue weighted by Gasteiger charge is -2.36. The summed E-state index contributed by atoms with van der Waals surface area (Å²) in [7, 11) is 0. The summed E-state index contributed by atoms with van der Waals surface area (Å²) in [5.74, 6) is 0.619. The van der Waals surface area contributed by atoms with Crippen molar-refractivity contribution in [3.8, 4) is 0 Å². The molecule has 6 heteroatoms. The van der Waals surface area contributed by atoms with E-state index in [-0.39, 0.29) is 35.2 Å². The van der Waals surface area contributed by atoms with E-state index in [9.17, 15) is 4.39 Å². The fourth-order valence-corrected chi connectivity index (χ4v) is 3.50. The third-order valence-corrected chi connectivity index (χ3v) is 5.28. The number of anilines is 1. The monoisotopic (exact) mass is 497 g/mol. The van der Waals surface area contributed by atoms with Gasteiger partial charge in [0, 0.05) is 24.3 Å². The Morgan fingerprint density at radius 3 is 2.50 bits per heavy atom. The number of nitrogens with two attached hydrogens (primary N) is 1. The molecule has 0 aliphatic carbocycles. The molecule has 152 valence electrons. The second-order valence-corrected chi connectivity index (χ2v) is 7.51. The number of ether oxygens (including phenoxy) is 1. The van der Waals surface area contributed by atoms with Crippen molar-refractivity contribution in [1.29, 1.82) is 0 Å². The molecule has 0 bridgehead atoms. The van der Waals surface area contributed by atoms with E-state index >= 15 is 0 Å². The predicted octanol–water partition coefficient (Wildman–Crippen LogP) is 5.04. The van der Waals surface area contributed by atoms with E-state index in [4.69, 9.17) is 10.5 Å². The van der Waals surface area contributed by atoms with Crippen LogP contribution in [0.4, 0.5) is 10.1 Å². The Morgan fingerprint density at radius 2 is 1.86 bits per heavy atom. The number of guanidine groups is 1. The van der Waals surface area contributed by atoms with Crippen LogP contribution in [0.2, 0.25) is 0 Å². The minimum Gasteiger partial charge on any atom is -0.381 e. The summed E-state index contributed by atoms with van der Waals surface area (Å²) in [5.41, 5.74) is 9.26. The van der Waals surface area contributed by atoms with Crippen LogP contribution in [0.25, 0.3) is 0 Å². The second-order valence-electron chi connectivity index (χ2n) is 7.51. The normalized spacial score (nSPS) is 16.5. The van der Waals surface area contributed by atoms with Gasteiger partial charge in [-0.15, -0.1) is 24.0 Å². The fraction of sp³-hybridized carbons (Fsp3) is 0.409. The zero-order valence-electron chi connectivity index (χ0n) is 16.5. The quantitative estimate of drug-likeness (QED) is 0.346. The summed E-state index contributed by atoms with van der Waals surface area (Å²) in [6, 6.07) is 14.9. The van der Waals surface area contributed by atoms with E-state index in [1.54, 1.807) is 0 Å². The molecule has 0 radical (unpaired) electrons. The lowest BCUT2D eigenvalue weighted by Crippen LogP contribution is -2.38. The van der Waals surface area contributed by atoms with Crippen molar-refractivity contribution in [2.45, 2.75) is 38.0 Å². The Bertz CT molecular complexity index is 787. The van der Waals surface area contributed by atoms with Crippen LogP contribution < -0.4 is 11.1 Å². The lowest BCUT2D eigenvalue weighted by atomic mass is 9.74. The van der Waals surface area contributed by atoms with Crippen LogP contribution in [-0.4, -0.2) is 25.7 Å². The van der Waals surface area contributed by atoms with Crippen LogP contribution in [0.1, 0.15) is 43.7 Å². The summed E-state index contributed by atoms with van der Waals surface area (Å²) in [4.78, 5) is 4.62. The van der Waals surface area contributed by atoms with Gasteiger partial charge in [-0.2, -0.15) is 0 Å². The van der Waals surface area contributed by atoms with Gasteiger partial charge >= 0.3 is 0 Å². The zero-order chi connectivity index (χ0) is 19.3. The first-order valence-electron chi connectivity index (χ1n) is 9.49. The largest absolute Gasteiger partial charge is 0.381 e. The van der Waals surface area contributed by atoms with Crippen molar-refractivity contribution in [2.75, 3.05) is 25.1 Å². The van der Waals surface area contributed by atoms with E-state index in [1.165, 1.54) is 17.7 Å². The maximum Gasteiger partial charge on any atom is 0.193 e. The summed E-state index contributed by atoms with van der Waals surface area (Å²) in [5, 5.41) is 3.19. The SMILES string of the molecule is CC(C)c1cccc(NC(N)=NCC2(c3ccc(F)cc3)CCOCC2)c1.I. The smallest absolute Gasteiger partial charge is 0.193 e. The topological polar surface area (TPSA) is 59.6 Å². The van der Waals surface area contributed by atoms with Crippen LogP contribution in [-0.2, 0) is 10.2 Å². The average molecular weight is 497 g/mol. The van der Waals surface area contributed by atoms with Crippen molar-refractivity contribution in [2.24, 2.45) is 10.7 Å². The van der Waals surface area contributed by atoms with Crippen LogP contribution in [0.5, 0.6) is 0 Å². The summed E-state index contributed by atoms with van der Waals surface area (Å²) in [6.07, 6.45) is 1.69. The van der Waals surface area contributed by atoms with Crippen LogP contribution in [0, 0.1) is 5.82 Å². The molecule has 0 amide bonds. The highest BCUT2D eigenvalue weighted by Gasteiger charge is 2.34. The van der Waals surface area contributed by atoms with E-state index in [0.717, 1.165) is 24.1 Å². The zero-order valence-corrected chi connectivity index (χ0v) is 18.8. The molecule has 3 rings (SSSR count). The first-order valence-corrected chi connectivity index (χ1v) is 9.49. The van der Waals surface area contributed by atoms with E-state index in [2.05, 4.69) is 36.3 Å². The molecule has 28 heavy (non-hydrogen) atoms. The van der Waals surface area contributed by atoms with Gasteiger partial charge in [0.05, 0.1) is 6.54 Å². The number of rotatable bonds is 5. The molecular weight excluding hydrogens is 468 g/mol. The number of hydrogen-bond acceptors (Lipinski definition) is 2. The molecule has 4 nitrogen and oxygen atoms in total. The van der Waals surface area contributed by atoms with Crippen LogP contribution in [0.15, 0.2) is 53.5 Å². The molecule has 2 aromatic carbocycles. The highest BCUT2D eigenvalue weighted by molar-refractivity contribution is 14.0. The van der Waals surface area contributed by atoms with Gasteiger partial charge in [0.15, 0.2) is 5.96 Å². The number of aliphatic imine (C=N–C) groups is 1. The fourth-order valence-electron chi connectivity index (χ4n) is 3.50. The van der Waals surface area contributed by atoms with Gasteiger partial charge < -0.3 is 15.8 Å². The Kier molecular flexibility index (Phi) is 8.24. The van der Waals surface area contributed by atoms with Crippen molar-refractivity contribution in [3.63, 3.8) is 0 Å². The lowest BCUT2D eigenvalue weighted by molar-refractivity contribution is 0.0531. The maximum atomic E-state index is 13.3. The first kappa shape index (κ1) is 22.6. The van der Waals surface area contributed by atoms with Crippen molar-refractivity contribution in [1.82, 2.24) is 0 Å². The molecule has 0 spiro atoms. The maximum absolute atomic E-state index is 13.3. The van der Waals surface area contributed by atoms with Gasteiger partial charge in [0.2, 0.25) is 0 Å². The minimum absolute atomic E-state index is 0. The molecule has 1 saturated heterocycles. The van der Waals surface area contributed by atoms with Gasteiger partial charge in [-0.3, -0.25) is 4.99 Å². The van der Waals surface area contributed by atoms with Crippen LogP contribution in [0.3, 0.4) is 0 Å². The predicted molar refractivity (Wildman–Crippen MR) is 124 cm³/mol. The molecule has 0 unspecified atom stereocenters. The van der Waals surface area contributed by atoms with Crippen molar-refractivity contribution >= 4 is 35.6 Å². The van der Waals surface area contributed by atoms with Gasteiger partial charge in [-0.25, -0.2) is 4.39 Å². The Labute approximate surface area is 183 Å². The summed E-state index contributed by atoms with van der Waals surface area (Å²) in [6.45, 7) is 6.22. The Morgan fingerprint density at radius 1 is 1.18 bits per heavy atom. The van der Waals surface area contributed by atoms with Gasteiger partial charge in [-0.05, 0) is 54.2 Å². The second kappa shape index (κ2) is 10.2. The van der Waals surface area contributed by atoms with Crippen molar-refractivity contribution < 1.29 is 9.13 Å². The molecule has 0 aromatic heterocycles. The average Bonchev–Trinajstić information content (AvgIpc) is 2.68. The number of halogens is 2. The molecule has 0 saturated carbocycles. The molecule has 2 aromatic rings. The van der Waals surface area contributed by atoms with E-state index in [1.807, 2.05) is 24.3 Å². The number of benzene rings is 2. The van der Waals surface area contributed by atoms with Gasteiger partial charge in [0.25, 0.3) is 0 Å². The minimum atomic E-state index is -0.226. The number of nitrogens with one attached hydrogen (secondary N) is 1. The third-order valence-electron chi connectivity index (χ3n) is 5.28.